The maximum Gasteiger partial charge on any atom is 0.289 e. The number of aryl methyl sites for hydroxylation is 2. The molecule has 102 valence electrons. The molecule has 6 heteroatoms. The van der Waals surface area contributed by atoms with Crippen molar-refractivity contribution >= 4 is 5.91 Å². The van der Waals surface area contributed by atoms with E-state index in [1.165, 1.54) is 0 Å². The van der Waals surface area contributed by atoms with Crippen LogP contribution in [0.2, 0.25) is 0 Å². The van der Waals surface area contributed by atoms with Gasteiger partial charge in [0.15, 0.2) is 5.89 Å². The Hall–Kier alpha value is -1.40. The molecular weight excluding hydrogens is 234 g/mol. The number of nitrogens with one attached hydrogen (secondary N) is 1. The Morgan fingerprint density at radius 2 is 2.11 bits per heavy atom. The molecule has 18 heavy (non-hydrogen) atoms. The van der Waals surface area contributed by atoms with Gasteiger partial charge in [-0.3, -0.25) is 4.79 Å². The van der Waals surface area contributed by atoms with Crippen LogP contribution in [0, 0.1) is 13.8 Å². The van der Waals surface area contributed by atoms with E-state index in [1.54, 1.807) is 20.8 Å². The van der Waals surface area contributed by atoms with Crippen LogP contribution in [0.1, 0.15) is 29.1 Å². The first-order chi connectivity index (χ1) is 8.21. The number of likely N-dealkylation sites (N-methyl/N-ethyl adjacent to an activating group) is 1. The number of amides is 1. The summed E-state index contributed by atoms with van der Waals surface area (Å²) in [7, 11) is 3.72. The second-order valence-corrected chi connectivity index (χ2v) is 5.06. The predicted octanol–water partition coefficient (Wildman–Crippen LogP) is 0.334. The Labute approximate surface area is 107 Å². The van der Waals surface area contributed by atoms with Gasteiger partial charge in [-0.2, -0.15) is 0 Å². The van der Waals surface area contributed by atoms with Crippen molar-refractivity contribution in [1.29, 1.82) is 0 Å². The zero-order valence-electron chi connectivity index (χ0n) is 11.6. The van der Waals surface area contributed by atoms with Crippen LogP contribution in [0.5, 0.6) is 0 Å². The van der Waals surface area contributed by atoms with E-state index in [0.29, 0.717) is 18.1 Å². The van der Waals surface area contributed by atoms with Crippen LogP contribution in [0.25, 0.3) is 0 Å². The Kier molecular flexibility index (Phi) is 4.48. The van der Waals surface area contributed by atoms with E-state index in [2.05, 4.69) is 10.3 Å². The summed E-state index contributed by atoms with van der Waals surface area (Å²) in [6, 6.07) is 0. The van der Waals surface area contributed by atoms with Crippen LogP contribution in [0.3, 0.4) is 0 Å². The van der Waals surface area contributed by atoms with Gasteiger partial charge in [0.05, 0.1) is 11.3 Å². The largest absolute Gasteiger partial charge is 0.436 e. The van der Waals surface area contributed by atoms with E-state index in [4.69, 9.17) is 4.42 Å². The maximum atomic E-state index is 11.8. The van der Waals surface area contributed by atoms with E-state index in [1.807, 2.05) is 19.0 Å². The molecule has 0 saturated carbocycles. The molecule has 0 aromatic carbocycles. The van der Waals surface area contributed by atoms with Gasteiger partial charge >= 0.3 is 0 Å². The van der Waals surface area contributed by atoms with Crippen molar-refractivity contribution in [2.45, 2.75) is 26.4 Å². The average molecular weight is 255 g/mol. The van der Waals surface area contributed by atoms with E-state index < -0.39 is 5.60 Å². The van der Waals surface area contributed by atoms with Crippen LogP contribution < -0.4 is 5.32 Å². The number of carbonyl (C=O) groups excluding carboxylic acids is 1. The van der Waals surface area contributed by atoms with Gasteiger partial charge < -0.3 is 19.7 Å². The quantitative estimate of drug-likeness (QED) is 0.793. The number of oxazole rings is 1. The molecule has 0 saturated heterocycles. The summed E-state index contributed by atoms with van der Waals surface area (Å²) in [5.41, 5.74) is -0.431. The molecule has 0 aliphatic rings. The molecule has 1 aromatic heterocycles. The minimum Gasteiger partial charge on any atom is -0.436 e. The standard InChI is InChI=1S/C12H21N3O3/c1-8-10(18-9(2)14-8)11(16)13-6-12(3,17)7-15(4)5/h17H,6-7H2,1-5H3,(H,13,16). The third kappa shape index (κ3) is 4.12. The molecule has 0 aliphatic carbocycles. The molecular formula is C12H21N3O3. The fraction of sp³-hybridized carbons (Fsp3) is 0.667. The van der Waals surface area contributed by atoms with Crippen LogP contribution in [-0.4, -0.2) is 53.7 Å². The van der Waals surface area contributed by atoms with Crippen molar-refractivity contribution in [2.24, 2.45) is 0 Å². The summed E-state index contributed by atoms with van der Waals surface area (Å²) in [5.74, 6) is 0.304. The SMILES string of the molecule is Cc1nc(C)c(C(=O)NCC(C)(O)CN(C)C)o1. The van der Waals surface area contributed by atoms with Crippen LogP contribution in [-0.2, 0) is 0 Å². The second-order valence-electron chi connectivity index (χ2n) is 5.06. The van der Waals surface area contributed by atoms with Crippen molar-refractivity contribution in [2.75, 3.05) is 27.2 Å². The lowest BCUT2D eigenvalue weighted by molar-refractivity contribution is 0.0321. The van der Waals surface area contributed by atoms with Crippen molar-refractivity contribution < 1.29 is 14.3 Å². The second kappa shape index (κ2) is 5.49. The summed E-state index contributed by atoms with van der Waals surface area (Å²) in [6.07, 6.45) is 0. The monoisotopic (exact) mass is 255 g/mol. The third-order valence-electron chi connectivity index (χ3n) is 2.40. The van der Waals surface area contributed by atoms with Gasteiger partial charge in [0.1, 0.15) is 0 Å². The highest BCUT2D eigenvalue weighted by atomic mass is 16.4. The first kappa shape index (κ1) is 14.7. The van der Waals surface area contributed by atoms with E-state index in [9.17, 15) is 9.90 Å². The zero-order valence-corrected chi connectivity index (χ0v) is 11.6. The number of carbonyl (C=O) groups is 1. The van der Waals surface area contributed by atoms with Gasteiger partial charge in [-0.25, -0.2) is 4.98 Å². The zero-order chi connectivity index (χ0) is 13.9. The summed E-state index contributed by atoms with van der Waals surface area (Å²) >= 11 is 0. The molecule has 1 rings (SSSR count). The predicted molar refractivity (Wildman–Crippen MR) is 67.5 cm³/mol. The highest BCUT2D eigenvalue weighted by Crippen LogP contribution is 2.10. The van der Waals surface area contributed by atoms with E-state index >= 15 is 0 Å². The number of hydrogen-bond acceptors (Lipinski definition) is 5. The van der Waals surface area contributed by atoms with Gasteiger partial charge in [-0.15, -0.1) is 0 Å². The number of aliphatic hydroxyl groups is 1. The topological polar surface area (TPSA) is 78.6 Å². The minimum absolute atomic E-state index is 0.156. The Morgan fingerprint density at radius 1 is 1.50 bits per heavy atom. The van der Waals surface area contributed by atoms with Crippen LogP contribution in [0.4, 0.5) is 0 Å². The Balaban J connectivity index is 2.59. The fourth-order valence-electron chi connectivity index (χ4n) is 1.83. The molecule has 0 radical (unpaired) electrons. The highest BCUT2D eigenvalue weighted by Gasteiger charge is 2.24. The fourth-order valence-corrected chi connectivity index (χ4v) is 1.83. The van der Waals surface area contributed by atoms with Crippen molar-refractivity contribution in [3.63, 3.8) is 0 Å². The molecule has 1 amide bonds. The summed E-state index contributed by atoms with van der Waals surface area (Å²) in [4.78, 5) is 17.7. The van der Waals surface area contributed by atoms with Crippen LogP contribution in [0.15, 0.2) is 4.42 Å². The molecule has 0 fully saturated rings. The molecule has 2 N–H and O–H groups in total. The minimum atomic E-state index is -0.984. The van der Waals surface area contributed by atoms with Crippen LogP contribution >= 0.6 is 0 Å². The number of rotatable bonds is 5. The number of hydrogen-bond donors (Lipinski definition) is 2. The molecule has 1 aromatic rings. The van der Waals surface area contributed by atoms with Crippen molar-refractivity contribution in [1.82, 2.24) is 15.2 Å². The number of aromatic nitrogens is 1. The average Bonchev–Trinajstić information content (AvgIpc) is 2.52. The van der Waals surface area contributed by atoms with Crippen molar-refractivity contribution in [3.05, 3.63) is 17.3 Å². The third-order valence-corrected chi connectivity index (χ3v) is 2.40. The smallest absolute Gasteiger partial charge is 0.289 e. The lowest BCUT2D eigenvalue weighted by Gasteiger charge is -2.26. The highest BCUT2D eigenvalue weighted by molar-refractivity contribution is 5.92. The molecule has 6 nitrogen and oxygen atoms in total. The molecule has 1 atom stereocenters. The van der Waals surface area contributed by atoms with Gasteiger partial charge in [-0.05, 0) is 27.9 Å². The van der Waals surface area contributed by atoms with Gasteiger partial charge in [0.2, 0.25) is 5.76 Å². The Morgan fingerprint density at radius 3 is 2.56 bits per heavy atom. The van der Waals surface area contributed by atoms with Crippen molar-refractivity contribution in [3.8, 4) is 0 Å². The lowest BCUT2D eigenvalue weighted by Crippen LogP contribution is -2.47. The van der Waals surface area contributed by atoms with Gasteiger partial charge in [0, 0.05) is 20.0 Å². The summed E-state index contributed by atoms with van der Waals surface area (Å²) < 4.78 is 5.21. The molecule has 0 aliphatic heterocycles. The summed E-state index contributed by atoms with van der Waals surface area (Å²) in [5, 5.41) is 12.7. The van der Waals surface area contributed by atoms with E-state index in [-0.39, 0.29) is 18.2 Å². The molecule has 0 spiro atoms. The lowest BCUT2D eigenvalue weighted by atomic mass is 10.1. The summed E-state index contributed by atoms with van der Waals surface area (Å²) in [6.45, 7) is 5.69. The van der Waals surface area contributed by atoms with Gasteiger partial charge in [0.25, 0.3) is 5.91 Å². The molecule has 1 heterocycles. The molecule has 1 unspecified atom stereocenters. The first-order valence-corrected chi connectivity index (χ1v) is 5.80. The molecule has 0 bridgehead atoms. The number of nitrogens with zero attached hydrogens (tertiary/aromatic N) is 2. The van der Waals surface area contributed by atoms with Gasteiger partial charge in [-0.1, -0.05) is 0 Å². The van der Waals surface area contributed by atoms with E-state index in [0.717, 1.165) is 0 Å². The first-order valence-electron chi connectivity index (χ1n) is 5.80. The Bertz CT molecular complexity index is 424. The normalized spacial score (nSPS) is 14.6. The maximum absolute atomic E-state index is 11.8.